The first kappa shape index (κ1) is 19.2. The maximum atomic E-state index is 13.3. The quantitative estimate of drug-likeness (QED) is 0.617. The summed E-state index contributed by atoms with van der Waals surface area (Å²) in [4.78, 5) is 18.7. The van der Waals surface area contributed by atoms with Gasteiger partial charge in [0, 0.05) is 12.1 Å². The Balaban J connectivity index is 1.63. The van der Waals surface area contributed by atoms with Crippen molar-refractivity contribution in [2.75, 3.05) is 6.54 Å². The fourth-order valence-corrected chi connectivity index (χ4v) is 3.61. The van der Waals surface area contributed by atoms with Crippen LogP contribution in [0.25, 0.3) is 11.4 Å². The number of carbonyl (C=O) groups excluding carboxylic acids is 1. The van der Waals surface area contributed by atoms with Crippen LogP contribution in [0.2, 0.25) is 0 Å². The van der Waals surface area contributed by atoms with Crippen LogP contribution in [-0.2, 0) is 6.18 Å². The van der Waals surface area contributed by atoms with E-state index in [-0.39, 0.29) is 11.5 Å². The molecule has 1 aliphatic rings. The van der Waals surface area contributed by atoms with Crippen molar-refractivity contribution in [1.82, 2.24) is 15.0 Å². The lowest BCUT2D eigenvalue weighted by molar-refractivity contribution is -0.138. The molecule has 4 rings (SSSR count). The fraction of sp³-hybridized carbons (Fsp3) is 0.286. The van der Waals surface area contributed by atoms with E-state index in [1.54, 1.807) is 0 Å². The van der Waals surface area contributed by atoms with E-state index in [2.05, 4.69) is 10.1 Å². The molecular weight excluding hydrogens is 383 g/mol. The third-order valence-electron chi connectivity index (χ3n) is 4.98. The molecular formula is C21H18F3N3O2. The van der Waals surface area contributed by atoms with Gasteiger partial charge in [0.2, 0.25) is 11.7 Å². The number of aromatic nitrogens is 2. The summed E-state index contributed by atoms with van der Waals surface area (Å²) in [5, 5.41) is 3.99. The molecule has 5 nitrogen and oxygen atoms in total. The molecule has 150 valence electrons. The second-order valence-corrected chi connectivity index (χ2v) is 7.03. The molecule has 0 aliphatic carbocycles. The minimum Gasteiger partial charge on any atom is -0.337 e. The molecule has 8 heteroatoms. The van der Waals surface area contributed by atoms with E-state index in [0.717, 1.165) is 17.2 Å². The molecule has 2 aromatic carbocycles. The Labute approximate surface area is 165 Å². The summed E-state index contributed by atoms with van der Waals surface area (Å²) in [7, 11) is 0. The second kappa shape index (κ2) is 7.35. The molecule has 0 bridgehead atoms. The summed E-state index contributed by atoms with van der Waals surface area (Å²) in [6.07, 6.45) is -3.41. The van der Waals surface area contributed by atoms with Crippen molar-refractivity contribution in [3.63, 3.8) is 0 Å². The van der Waals surface area contributed by atoms with Crippen molar-refractivity contribution in [3.05, 3.63) is 71.1 Å². The first-order valence-electron chi connectivity index (χ1n) is 9.22. The number of benzene rings is 2. The summed E-state index contributed by atoms with van der Waals surface area (Å²) in [5.41, 5.74) is 0.500. The zero-order valence-corrected chi connectivity index (χ0v) is 15.6. The van der Waals surface area contributed by atoms with Crippen molar-refractivity contribution >= 4 is 5.91 Å². The van der Waals surface area contributed by atoms with Crippen molar-refractivity contribution in [2.45, 2.75) is 32.0 Å². The van der Waals surface area contributed by atoms with Gasteiger partial charge in [-0.05, 0) is 38.0 Å². The number of aryl methyl sites for hydroxylation is 1. The summed E-state index contributed by atoms with van der Waals surface area (Å²) >= 11 is 0. The monoisotopic (exact) mass is 401 g/mol. The van der Waals surface area contributed by atoms with Gasteiger partial charge in [-0.2, -0.15) is 18.2 Å². The average molecular weight is 401 g/mol. The third kappa shape index (κ3) is 3.74. The number of amides is 1. The maximum Gasteiger partial charge on any atom is 0.417 e. The molecule has 1 fully saturated rings. The van der Waals surface area contributed by atoms with Crippen molar-refractivity contribution in [2.24, 2.45) is 0 Å². The van der Waals surface area contributed by atoms with Crippen molar-refractivity contribution in [1.29, 1.82) is 0 Å². The Morgan fingerprint density at radius 3 is 2.72 bits per heavy atom. The maximum absolute atomic E-state index is 13.3. The van der Waals surface area contributed by atoms with Crippen LogP contribution < -0.4 is 0 Å². The van der Waals surface area contributed by atoms with Crippen molar-refractivity contribution in [3.8, 4) is 11.4 Å². The normalized spacial score (nSPS) is 17.0. The van der Waals surface area contributed by atoms with Crippen LogP contribution in [0.3, 0.4) is 0 Å². The van der Waals surface area contributed by atoms with E-state index in [0.29, 0.717) is 25.2 Å². The molecule has 0 radical (unpaired) electrons. The van der Waals surface area contributed by atoms with E-state index in [1.165, 1.54) is 23.1 Å². The molecule has 0 spiro atoms. The van der Waals surface area contributed by atoms with Crippen LogP contribution in [0.4, 0.5) is 13.2 Å². The molecule has 1 amide bonds. The summed E-state index contributed by atoms with van der Waals surface area (Å²) < 4.78 is 45.4. The van der Waals surface area contributed by atoms with Gasteiger partial charge in [-0.1, -0.05) is 41.1 Å². The second-order valence-electron chi connectivity index (χ2n) is 7.03. The van der Waals surface area contributed by atoms with E-state index < -0.39 is 23.7 Å². The summed E-state index contributed by atoms with van der Waals surface area (Å²) in [6.45, 7) is 2.28. The van der Waals surface area contributed by atoms with Crippen LogP contribution in [0.1, 0.15) is 46.3 Å². The zero-order chi connectivity index (χ0) is 20.6. The fourth-order valence-electron chi connectivity index (χ4n) is 3.61. The molecule has 0 saturated carbocycles. The van der Waals surface area contributed by atoms with E-state index >= 15 is 0 Å². The Hall–Kier alpha value is -3.16. The molecule has 1 aliphatic heterocycles. The molecule has 1 aromatic heterocycles. The number of hydrogen-bond acceptors (Lipinski definition) is 4. The van der Waals surface area contributed by atoms with Gasteiger partial charge in [-0.3, -0.25) is 4.79 Å². The predicted molar refractivity (Wildman–Crippen MR) is 98.9 cm³/mol. The first-order valence-corrected chi connectivity index (χ1v) is 9.22. The molecule has 3 aromatic rings. The largest absolute Gasteiger partial charge is 0.417 e. The Morgan fingerprint density at radius 1 is 1.17 bits per heavy atom. The Bertz CT molecular complexity index is 1050. The van der Waals surface area contributed by atoms with Gasteiger partial charge in [0.15, 0.2) is 0 Å². The number of hydrogen-bond donors (Lipinski definition) is 0. The van der Waals surface area contributed by atoms with Crippen LogP contribution >= 0.6 is 0 Å². The Kier molecular flexibility index (Phi) is 4.86. The van der Waals surface area contributed by atoms with Crippen molar-refractivity contribution < 1.29 is 22.5 Å². The number of alkyl halides is 3. The zero-order valence-electron chi connectivity index (χ0n) is 15.6. The average Bonchev–Trinajstić information content (AvgIpc) is 3.36. The van der Waals surface area contributed by atoms with E-state index in [1.807, 2.05) is 31.2 Å². The van der Waals surface area contributed by atoms with E-state index in [9.17, 15) is 18.0 Å². The van der Waals surface area contributed by atoms with Gasteiger partial charge in [0.1, 0.15) is 6.04 Å². The molecule has 0 unspecified atom stereocenters. The molecule has 2 heterocycles. The Morgan fingerprint density at radius 2 is 1.97 bits per heavy atom. The van der Waals surface area contributed by atoms with E-state index in [4.69, 9.17) is 4.52 Å². The van der Waals surface area contributed by atoms with Gasteiger partial charge in [-0.15, -0.1) is 0 Å². The molecule has 0 N–H and O–H groups in total. The van der Waals surface area contributed by atoms with Crippen LogP contribution in [0, 0.1) is 6.92 Å². The van der Waals surface area contributed by atoms with Gasteiger partial charge >= 0.3 is 6.18 Å². The van der Waals surface area contributed by atoms with Gasteiger partial charge < -0.3 is 9.42 Å². The topological polar surface area (TPSA) is 59.2 Å². The molecule has 1 atom stereocenters. The predicted octanol–water partition coefficient (Wildman–Crippen LogP) is 5.04. The highest BCUT2D eigenvalue weighted by atomic mass is 19.4. The number of carbonyl (C=O) groups is 1. The molecule has 1 saturated heterocycles. The van der Waals surface area contributed by atoms with Crippen LogP contribution in [-0.4, -0.2) is 27.5 Å². The lowest BCUT2D eigenvalue weighted by Gasteiger charge is -2.23. The first-order chi connectivity index (χ1) is 13.8. The minimum absolute atomic E-state index is 0.233. The van der Waals surface area contributed by atoms with Gasteiger partial charge in [-0.25, -0.2) is 0 Å². The number of likely N-dealkylation sites (tertiary alicyclic amines) is 1. The highest BCUT2D eigenvalue weighted by Gasteiger charge is 2.39. The SMILES string of the molecule is Cc1cccc(-c2noc([C@@H]3CCCN3C(=O)c3ccccc3C(F)(F)F)n2)c1. The number of nitrogens with zero attached hydrogens (tertiary/aromatic N) is 3. The molecule has 29 heavy (non-hydrogen) atoms. The minimum atomic E-state index is -4.61. The van der Waals surface area contributed by atoms with Gasteiger partial charge in [0.05, 0.1) is 11.1 Å². The van der Waals surface area contributed by atoms with Gasteiger partial charge in [0.25, 0.3) is 5.91 Å². The van der Waals surface area contributed by atoms with Crippen LogP contribution in [0.15, 0.2) is 53.1 Å². The highest BCUT2D eigenvalue weighted by Crippen LogP contribution is 2.37. The summed E-state index contributed by atoms with van der Waals surface area (Å²) in [6, 6.07) is 11.8. The number of rotatable bonds is 3. The third-order valence-corrected chi connectivity index (χ3v) is 4.98. The smallest absolute Gasteiger partial charge is 0.337 e. The van der Waals surface area contributed by atoms with Crippen LogP contribution in [0.5, 0.6) is 0 Å². The lowest BCUT2D eigenvalue weighted by atomic mass is 10.1. The highest BCUT2D eigenvalue weighted by molar-refractivity contribution is 5.96. The lowest BCUT2D eigenvalue weighted by Crippen LogP contribution is -2.32. The standard InChI is InChI=1S/C21H18F3N3O2/c1-13-6-4-7-14(12-13)18-25-19(29-26-18)17-10-5-11-27(17)20(28)15-8-2-3-9-16(15)21(22,23)24/h2-4,6-9,12,17H,5,10-11H2,1H3/t17-/m0/s1. The number of halogens is 3. The summed E-state index contributed by atoms with van der Waals surface area (Å²) in [5.74, 6) is -0.0636.